The van der Waals surface area contributed by atoms with Crippen molar-refractivity contribution in [3.8, 4) is 5.75 Å². The molecule has 2 aliphatic heterocycles. The third kappa shape index (κ3) is 4.76. The fourth-order valence-corrected chi connectivity index (χ4v) is 4.45. The molecule has 5 heteroatoms. The zero-order chi connectivity index (χ0) is 19.6. The Labute approximate surface area is 163 Å². The molecule has 0 amide bonds. The number of hydrogen-bond acceptors (Lipinski definition) is 2. The molecule has 2 bridgehead atoms. The molecule has 0 radical (unpaired) electrons. The number of nitrogens with zero attached hydrogens (tertiary/aromatic N) is 1. The van der Waals surface area contributed by atoms with Crippen molar-refractivity contribution in [3.05, 3.63) is 77.4 Å². The normalized spacial score (nSPS) is 22.6. The molecular formula is C23H24F3NO. The first-order valence-electron chi connectivity index (χ1n) is 9.80. The summed E-state index contributed by atoms with van der Waals surface area (Å²) in [6, 6.07) is 17.8. The zero-order valence-electron chi connectivity index (χ0n) is 15.7. The van der Waals surface area contributed by atoms with Crippen LogP contribution in [-0.2, 0) is 13.0 Å². The molecule has 0 N–H and O–H groups in total. The summed E-state index contributed by atoms with van der Waals surface area (Å²) in [7, 11) is 0. The summed E-state index contributed by atoms with van der Waals surface area (Å²) < 4.78 is 40.9. The summed E-state index contributed by atoms with van der Waals surface area (Å²) in [6.45, 7) is 0.976. The molecule has 28 heavy (non-hydrogen) atoms. The molecule has 2 unspecified atom stereocenters. The second kappa shape index (κ2) is 8.00. The van der Waals surface area contributed by atoms with E-state index in [9.17, 15) is 13.2 Å². The number of fused-ring (bicyclic) bond motifs is 2. The maximum Gasteiger partial charge on any atom is 0.573 e. The van der Waals surface area contributed by atoms with Crippen molar-refractivity contribution >= 4 is 0 Å². The van der Waals surface area contributed by atoms with Gasteiger partial charge in [0, 0.05) is 18.6 Å². The Bertz CT molecular complexity index is 814. The molecule has 2 aliphatic rings. The molecule has 0 aromatic heterocycles. The van der Waals surface area contributed by atoms with Crippen LogP contribution in [0.1, 0.15) is 36.8 Å². The van der Waals surface area contributed by atoms with Crippen molar-refractivity contribution in [2.24, 2.45) is 0 Å². The highest BCUT2D eigenvalue weighted by atomic mass is 19.4. The first kappa shape index (κ1) is 19.1. The van der Waals surface area contributed by atoms with E-state index in [1.54, 1.807) is 12.1 Å². The van der Waals surface area contributed by atoms with Gasteiger partial charge in [0.25, 0.3) is 0 Å². The van der Waals surface area contributed by atoms with Crippen molar-refractivity contribution in [1.29, 1.82) is 0 Å². The summed E-state index contributed by atoms with van der Waals surface area (Å²) in [6.07, 6.45) is 3.20. The zero-order valence-corrected chi connectivity index (χ0v) is 15.7. The van der Waals surface area contributed by atoms with Gasteiger partial charge in [-0.3, -0.25) is 4.90 Å². The molecule has 2 aromatic rings. The fraction of sp³-hybridized carbons (Fsp3) is 0.391. The molecule has 2 atom stereocenters. The van der Waals surface area contributed by atoms with E-state index in [0.29, 0.717) is 12.1 Å². The summed E-state index contributed by atoms with van der Waals surface area (Å²) in [4.78, 5) is 2.61. The molecule has 2 nitrogen and oxygen atoms in total. The van der Waals surface area contributed by atoms with E-state index in [-0.39, 0.29) is 5.75 Å². The van der Waals surface area contributed by atoms with Crippen molar-refractivity contribution in [3.63, 3.8) is 0 Å². The predicted octanol–water partition coefficient (Wildman–Crippen LogP) is 5.88. The van der Waals surface area contributed by atoms with E-state index < -0.39 is 6.36 Å². The van der Waals surface area contributed by atoms with E-state index in [0.717, 1.165) is 24.9 Å². The molecule has 1 saturated heterocycles. The maximum absolute atomic E-state index is 12.3. The lowest BCUT2D eigenvalue weighted by Crippen LogP contribution is -2.48. The van der Waals surface area contributed by atoms with Crippen LogP contribution in [0.25, 0.3) is 0 Å². The Kier molecular flexibility index (Phi) is 5.44. The van der Waals surface area contributed by atoms with Crippen molar-refractivity contribution in [2.45, 2.75) is 57.1 Å². The third-order valence-corrected chi connectivity index (χ3v) is 5.65. The fourth-order valence-electron chi connectivity index (χ4n) is 4.45. The lowest BCUT2D eigenvalue weighted by molar-refractivity contribution is -0.274. The smallest absolute Gasteiger partial charge is 0.406 e. The minimum atomic E-state index is -4.65. The van der Waals surface area contributed by atoms with Crippen LogP contribution < -0.4 is 4.74 Å². The highest BCUT2D eigenvalue weighted by molar-refractivity contribution is 5.31. The average molecular weight is 387 g/mol. The monoisotopic (exact) mass is 387 g/mol. The van der Waals surface area contributed by atoms with Gasteiger partial charge in [-0.2, -0.15) is 0 Å². The van der Waals surface area contributed by atoms with Crippen molar-refractivity contribution in [1.82, 2.24) is 4.90 Å². The van der Waals surface area contributed by atoms with Crippen LogP contribution >= 0.6 is 0 Å². The van der Waals surface area contributed by atoms with E-state index in [2.05, 4.69) is 40.0 Å². The highest BCUT2D eigenvalue weighted by Crippen LogP contribution is 2.35. The van der Waals surface area contributed by atoms with Gasteiger partial charge in [-0.1, -0.05) is 60.5 Å². The summed E-state index contributed by atoms with van der Waals surface area (Å²) in [5.74, 6) is -0.167. The van der Waals surface area contributed by atoms with Gasteiger partial charge < -0.3 is 4.74 Å². The van der Waals surface area contributed by atoms with Gasteiger partial charge in [0.05, 0.1) is 0 Å². The van der Waals surface area contributed by atoms with E-state index >= 15 is 0 Å². The molecule has 2 aromatic carbocycles. The molecule has 2 heterocycles. The third-order valence-electron chi connectivity index (χ3n) is 5.65. The van der Waals surface area contributed by atoms with Gasteiger partial charge in [-0.05, 0) is 48.9 Å². The largest absolute Gasteiger partial charge is 0.573 e. The van der Waals surface area contributed by atoms with Crippen LogP contribution in [0.15, 0.2) is 66.2 Å². The molecule has 1 fully saturated rings. The van der Waals surface area contributed by atoms with Crippen LogP contribution in [0.4, 0.5) is 13.2 Å². The molecule has 0 saturated carbocycles. The van der Waals surface area contributed by atoms with Gasteiger partial charge in [-0.25, -0.2) is 0 Å². The number of ether oxygens (including phenoxy) is 1. The number of benzene rings is 2. The molecule has 0 spiro atoms. The average Bonchev–Trinajstić information content (AvgIpc) is 2.64. The quantitative estimate of drug-likeness (QED) is 0.594. The molecule has 0 aliphatic carbocycles. The Morgan fingerprint density at radius 3 is 2.36 bits per heavy atom. The number of hydrogen-bond donors (Lipinski definition) is 0. The minimum Gasteiger partial charge on any atom is -0.406 e. The van der Waals surface area contributed by atoms with E-state index in [1.807, 2.05) is 6.07 Å². The molecular weight excluding hydrogens is 363 g/mol. The summed E-state index contributed by atoms with van der Waals surface area (Å²) >= 11 is 0. The molecule has 148 valence electrons. The minimum absolute atomic E-state index is 0.167. The Morgan fingerprint density at radius 1 is 0.929 bits per heavy atom. The van der Waals surface area contributed by atoms with E-state index in [1.165, 1.54) is 42.5 Å². The predicted molar refractivity (Wildman–Crippen MR) is 103 cm³/mol. The van der Waals surface area contributed by atoms with Gasteiger partial charge in [0.2, 0.25) is 0 Å². The summed E-state index contributed by atoms with van der Waals surface area (Å²) in [5.41, 5.74) is 3.76. The lowest BCUT2D eigenvalue weighted by atomic mass is 9.83. The van der Waals surface area contributed by atoms with Crippen molar-refractivity contribution < 1.29 is 17.9 Å². The number of rotatable bonds is 5. The van der Waals surface area contributed by atoms with Crippen LogP contribution in [0.2, 0.25) is 0 Å². The number of piperidine rings is 1. The van der Waals surface area contributed by atoms with Gasteiger partial charge in [-0.15, -0.1) is 13.2 Å². The number of alkyl halides is 3. The van der Waals surface area contributed by atoms with Gasteiger partial charge >= 0.3 is 6.36 Å². The Morgan fingerprint density at radius 2 is 1.68 bits per heavy atom. The van der Waals surface area contributed by atoms with Gasteiger partial charge in [0.1, 0.15) is 5.75 Å². The maximum atomic E-state index is 12.3. The molecule has 4 rings (SSSR count). The van der Waals surface area contributed by atoms with Crippen LogP contribution in [-0.4, -0.2) is 23.3 Å². The van der Waals surface area contributed by atoms with Crippen molar-refractivity contribution in [2.75, 3.05) is 0 Å². The van der Waals surface area contributed by atoms with Gasteiger partial charge in [0.15, 0.2) is 0 Å². The Hall–Kier alpha value is -2.27. The first-order chi connectivity index (χ1) is 13.5. The second-order valence-corrected chi connectivity index (χ2v) is 7.71. The first-order valence-corrected chi connectivity index (χ1v) is 9.80. The summed E-state index contributed by atoms with van der Waals surface area (Å²) in [5, 5.41) is 0. The Balaban J connectivity index is 1.43. The van der Waals surface area contributed by atoms with Crippen LogP contribution in [0.5, 0.6) is 5.75 Å². The lowest BCUT2D eigenvalue weighted by Gasteiger charge is -2.45. The topological polar surface area (TPSA) is 12.5 Å². The van der Waals surface area contributed by atoms with Crippen LogP contribution in [0.3, 0.4) is 0 Å². The van der Waals surface area contributed by atoms with E-state index in [4.69, 9.17) is 0 Å². The SMILES string of the molecule is FC(F)(F)Oc1ccc(CC2=CC3CCCC(C2)N3Cc2ccccc2)cc1. The van der Waals surface area contributed by atoms with Crippen LogP contribution in [0, 0.1) is 0 Å². The highest BCUT2D eigenvalue weighted by Gasteiger charge is 2.34. The number of halogens is 3. The standard InChI is InChI=1S/C23H24F3NO/c24-23(25,26)28-22-11-9-17(10-12-22)13-19-14-20-7-4-8-21(15-19)27(20)16-18-5-2-1-3-6-18/h1-3,5-6,9-12,14,20-21H,4,7-8,13,15-16H2. The second-order valence-electron chi connectivity index (χ2n) is 7.71.